The molecule has 0 radical (unpaired) electrons. The first-order chi connectivity index (χ1) is 10.6. The molecule has 1 amide bonds. The molecule has 7 nitrogen and oxygen atoms in total. The van der Waals surface area contributed by atoms with Gasteiger partial charge in [-0.05, 0) is 51.4 Å². The standard InChI is InChI=1S/C15H20N6O/c1-10-8-11(2)21(20-10)9-15(22)17-14-6-5-13(18-19-14)12-4-3-7-16-12/h5-6,8,12,16H,3-4,7,9H2,1-2H3,(H,17,19,22). The second-order valence-corrected chi connectivity index (χ2v) is 5.63. The van der Waals surface area contributed by atoms with Crippen LogP contribution in [0.3, 0.4) is 0 Å². The molecular formula is C15H20N6O. The van der Waals surface area contributed by atoms with Crippen molar-refractivity contribution in [2.24, 2.45) is 0 Å². The minimum absolute atomic E-state index is 0.160. The zero-order valence-electron chi connectivity index (χ0n) is 12.8. The molecule has 7 heteroatoms. The minimum atomic E-state index is -0.160. The van der Waals surface area contributed by atoms with Crippen LogP contribution in [0, 0.1) is 13.8 Å². The van der Waals surface area contributed by atoms with Crippen LogP contribution in [0.2, 0.25) is 0 Å². The molecule has 3 rings (SSSR count). The Labute approximate surface area is 129 Å². The van der Waals surface area contributed by atoms with Crippen LogP contribution in [0.25, 0.3) is 0 Å². The highest BCUT2D eigenvalue weighted by atomic mass is 16.2. The highest BCUT2D eigenvalue weighted by molar-refractivity contribution is 5.89. The van der Waals surface area contributed by atoms with E-state index < -0.39 is 0 Å². The molecule has 1 saturated heterocycles. The molecule has 2 N–H and O–H groups in total. The summed E-state index contributed by atoms with van der Waals surface area (Å²) in [5.74, 6) is 0.306. The van der Waals surface area contributed by atoms with Crippen LogP contribution in [-0.4, -0.2) is 32.4 Å². The predicted molar refractivity (Wildman–Crippen MR) is 82.3 cm³/mol. The number of anilines is 1. The number of carbonyl (C=O) groups is 1. The van der Waals surface area contributed by atoms with Gasteiger partial charge in [0, 0.05) is 5.69 Å². The summed E-state index contributed by atoms with van der Waals surface area (Å²) in [7, 11) is 0. The third-order valence-electron chi connectivity index (χ3n) is 3.77. The molecule has 0 spiro atoms. The molecule has 0 aromatic carbocycles. The molecule has 1 fully saturated rings. The molecular weight excluding hydrogens is 280 g/mol. The Bertz CT molecular complexity index is 657. The maximum absolute atomic E-state index is 12.0. The van der Waals surface area contributed by atoms with Crippen molar-refractivity contribution >= 4 is 11.7 Å². The normalized spacial score (nSPS) is 17.6. The van der Waals surface area contributed by atoms with Gasteiger partial charge in [0.1, 0.15) is 6.54 Å². The zero-order valence-corrected chi connectivity index (χ0v) is 12.8. The molecule has 1 atom stereocenters. The first kappa shape index (κ1) is 14.6. The van der Waals surface area contributed by atoms with E-state index in [0.717, 1.165) is 36.5 Å². The Kier molecular flexibility index (Phi) is 4.15. The fourth-order valence-electron chi connectivity index (χ4n) is 2.69. The van der Waals surface area contributed by atoms with Crippen molar-refractivity contribution in [2.45, 2.75) is 39.3 Å². The molecule has 116 valence electrons. The lowest BCUT2D eigenvalue weighted by Crippen LogP contribution is -2.21. The number of rotatable bonds is 4. The average molecular weight is 300 g/mol. The first-order valence-corrected chi connectivity index (χ1v) is 7.50. The van der Waals surface area contributed by atoms with Gasteiger partial charge >= 0.3 is 0 Å². The Morgan fingerprint density at radius 1 is 1.41 bits per heavy atom. The van der Waals surface area contributed by atoms with Crippen molar-refractivity contribution in [3.8, 4) is 0 Å². The summed E-state index contributed by atoms with van der Waals surface area (Å²) < 4.78 is 1.68. The predicted octanol–water partition coefficient (Wildman–Crippen LogP) is 1.35. The van der Waals surface area contributed by atoms with Crippen LogP contribution in [0.4, 0.5) is 5.82 Å². The van der Waals surface area contributed by atoms with Gasteiger partial charge in [0.2, 0.25) is 5.91 Å². The smallest absolute Gasteiger partial charge is 0.247 e. The molecule has 0 saturated carbocycles. The number of carbonyl (C=O) groups excluding carboxylic acids is 1. The summed E-state index contributed by atoms with van der Waals surface area (Å²) in [6.07, 6.45) is 2.24. The fourth-order valence-corrected chi connectivity index (χ4v) is 2.69. The van der Waals surface area contributed by atoms with Crippen molar-refractivity contribution in [3.05, 3.63) is 35.3 Å². The highest BCUT2D eigenvalue weighted by Gasteiger charge is 2.18. The third kappa shape index (κ3) is 3.30. The number of hydrogen-bond acceptors (Lipinski definition) is 5. The zero-order chi connectivity index (χ0) is 15.5. The molecule has 1 aliphatic rings. The molecule has 0 aliphatic carbocycles. The average Bonchev–Trinajstić information content (AvgIpc) is 3.10. The van der Waals surface area contributed by atoms with Crippen molar-refractivity contribution < 1.29 is 4.79 Å². The summed E-state index contributed by atoms with van der Waals surface area (Å²) in [5.41, 5.74) is 2.79. The van der Waals surface area contributed by atoms with E-state index >= 15 is 0 Å². The maximum Gasteiger partial charge on any atom is 0.247 e. The van der Waals surface area contributed by atoms with Gasteiger partial charge in [-0.2, -0.15) is 10.2 Å². The Morgan fingerprint density at radius 2 is 2.27 bits per heavy atom. The van der Waals surface area contributed by atoms with E-state index in [-0.39, 0.29) is 18.5 Å². The molecule has 2 aromatic rings. The van der Waals surface area contributed by atoms with Gasteiger partial charge in [-0.15, -0.1) is 5.10 Å². The first-order valence-electron chi connectivity index (χ1n) is 7.50. The van der Waals surface area contributed by atoms with Crippen molar-refractivity contribution in [1.82, 2.24) is 25.3 Å². The number of hydrogen-bond donors (Lipinski definition) is 2. The Morgan fingerprint density at radius 3 is 2.86 bits per heavy atom. The summed E-state index contributed by atoms with van der Waals surface area (Å²) >= 11 is 0. The topological polar surface area (TPSA) is 84.7 Å². The van der Waals surface area contributed by atoms with Gasteiger partial charge in [-0.1, -0.05) is 0 Å². The molecule has 2 aromatic heterocycles. The van der Waals surface area contributed by atoms with E-state index in [9.17, 15) is 4.79 Å². The number of nitrogens with zero attached hydrogens (tertiary/aromatic N) is 4. The van der Waals surface area contributed by atoms with Gasteiger partial charge in [0.15, 0.2) is 5.82 Å². The minimum Gasteiger partial charge on any atom is -0.309 e. The van der Waals surface area contributed by atoms with Crippen LogP contribution < -0.4 is 10.6 Å². The largest absolute Gasteiger partial charge is 0.309 e. The van der Waals surface area contributed by atoms with Crippen LogP contribution >= 0.6 is 0 Å². The number of amides is 1. The summed E-state index contributed by atoms with van der Waals surface area (Å²) in [5, 5.41) is 18.7. The molecule has 0 bridgehead atoms. The van der Waals surface area contributed by atoms with Gasteiger partial charge < -0.3 is 10.6 Å². The summed E-state index contributed by atoms with van der Waals surface area (Å²) in [6, 6.07) is 5.93. The second kappa shape index (κ2) is 6.23. The molecule has 22 heavy (non-hydrogen) atoms. The lowest BCUT2D eigenvalue weighted by Gasteiger charge is -2.09. The van der Waals surface area contributed by atoms with E-state index in [1.54, 1.807) is 10.7 Å². The van der Waals surface area contributed by atoms with Gasteiger partial charge in [-0.25, -0.2) is 0 Å². The SMILES string of the molecule is Cc1cc(C)n(CC(=O)Nc2ccc(C3CCCN3)nn2)n1. The van der Waals surface area contributed by atoms with Crippen molar-refractivity contribution in [1.29, 1.82) is 0 Å². The quantitative estimate of drug-likeness (QED) is 0.890. The third-order valence-corrected chi connectivity index (χ3v) is 3.77. The Balaban J connectivity index is 1.60. The number of aryl methyl sites for hydroxylation is 2. The number of aromatic nitrogens is 4. The lowest BCUT2D eigenvalue weighted by molar-refractivity contribution is -0.117. The Hall–Kier alpha value is -2.28. The van der Waals surface area contributed by atoms with Crippen molar-refractivity contribution in [3.63, 3.8) is 0 Å². The van der Waals surface area contributed by atoms with Gasteiger partial charge in [0.05, 0.1) is 17.4 Å². The summed E-state index contributed by atoms with van der Waals surface area (Å²) in [4.78, 5) is 12.0. The van der Waals surface area contributed by atoms with E-state index in [1.807, 2.05) is 26.0 Å². The second-order valence-electron chi connectivity index (χ2n) is 5.63. The van der Waals surface area contributed by atoms with Crippen LogP contribution in [-0.2, 0) is 11.3 Å². The molecule has 1 aliphatic heterocycles. The number of nitrogens with one attached hydrogen (secondary N) is 2. The lowest BCUT2D eigenvalue weighted by atomic mass is 10.1. The van der Waals surface area contributed by atoms with Gasteiger partial charge in [-0.3, -0.25) is 9.48 Å². The van der Waals surface area contributed by atoms with E-state index in [0.29, 0.717) is 5.82 Å². The molecule has 1 unspecified atom stereocenters. The monoisotopic (exact) mass is 300 g/mol. The summed E-state index contributed by atoms with van der Waals surface area (Å²) in [6.45, 7) is 5.03. The van der Waals surface area contributed by atoms with Crippen LogP contribution in [0.5, 0.6) is 0 Å². The van der Waals surface area contributed by atoms with Crippen molar-refractivity contribution in [2.75, 3.05) is 11.9 Å². The van der Waals surface area contributed by atoms with Crippen LogP contribution in [0.1, 0.15) is 36.0 Å². The van der Waals surface area contributed by atoms with Gasteiger partial charge in [0.25, 0.3) is 0 Å². The molecule has 3 heterocycles. The highest BCUT2D eigenvalue weighted by Crippen LogP contribution is 2.20. The van der Waals surface area contributed by atoms with E-state index in [2.05, 4.69) is 25.9 Å². The maximum atomic E-state index is 12.0. The van der Waals surface area contributed by atoms with Crippen LogP contribution in [0.15, 0.2) is 18.2 Å². The van der Waals surface area contributed by atoms with E-state index in [4.69, 9.17) is 0 Å². The van der Waals surface area contributed by atoms with E-state index in [1.165, 1.54) is 0 Å². The fraction of sp³-hybridized carbons (Fsp3) is 0.467.